The molecule has 0 amide bonds. The number of fused-ring (bicyclic) bond motifs is 2. The number of aromatic amines is 1. The minimum atomic E-state index is -4.69. The molecule has 9 nitrogen and oxygen atoms in total. The van der Waals surface area contributed by atoms with Crippen LogP contribution in [0.1, 0.15) is 5.56 Å². The molecule has 3 N–H and O–H groups in total. The number of nitrogens with zero attached hydrogens (tertiary/aromatic N) is 6. The first-order chi connectivity index (χ1) is 16.1. The minimum absolute atomic E-state index is 0.00337. The second-order valence-corrected chi connectivity index (χ2v) is 7.38. The molecule has 14 heteroatoms. The SMILES string of the molecule is Nc1nc(-c2nn(Cc3ccccc3F)c3ncc(F)cc23)nc2[nH]c(=O)n(CC(F)(F)F)c12. The fourth-order valence-corrected chi connectivity index (χ4v) is 3.63. The normalized spacial score (nSPS) is 12.1. The molecule has 4 heterocycles. The molecule has 0 atom stereocenters. The molecule has 5 aromatic rings. The molecule has 0 radical (unpaired) electrons. The quantitative estimate of drug-likeness (QED) is 0.385. The van der Waals surface area contributed by atoms with Crippen molar-refractivity contribution in [1.82, 2.24) is 34.3 Å². The second kappa shape index (κ2) is 7.60. The predicted molar refractivity (Wildman–Crippen MR) is 111 cm³/mol. The number of hydrogen-bond acceptors (Lipinski definition) is 6. The Bertz CT molecular complexity index is 1620. The zero-order chi connectivity index (χ0) is 24.2. The van der Waals surface area contributed by atoms with Crippen molar-refractivity contribution in [2.24, 2.45) is 0 Å². The molecule has 0 saturated heterocycles. The molecule has 0 aliphatic carbocycles. The highest BCUT2D eigenvalue weighted by Gasteiger charge is 2.31. The van der Waals surface area contributed by atoms with Gasteiger partial charge in [-0.1, -0.05) is 18.2 Å². The second-order valence-electron chi connectivity index (χ2n) is 7.38. The van der Waals surface area contributed by atoms with Gasteiger partial charge in [0.1, 0.15) is 29.4 Å². The third kappa shape index (κ3) is 3.72. The number of rotatable bonds is 4. The first kappa shape index (κ1) is 21.5. The van der Waals surface area contributed by atoms with Crippen molar-refractivity contribution in [3.05, 3.63) is 64.2 Å². The van der Waals surface area contributed by atoms with Crippen LogP contribution in [-0.2, 0) is 13.1 Å². The molecular formula is C20H13F5N8O. The van der Waals surface area contributed by atoms with Crippen LogP contribution in [0.15, 0.2) is 41.3 Å². The maximum absolute atomic E-state index is 14.2. The van der Waals surface area contributed by atoms with E-state index in [1.165, 1.54) is 16.8 Å². The molecule has 34 heavy (non-hydrogen) atoms. The minimum Gasteiger partial charge on any atom is -0.382 e. The average molecular weight is 476 g/mol. The standard InChI is InChI=1S/C20H13F5N8O/c21-10-5-11-13(31-33(18(11)27-6-10)7-9-3-1-2-4-12(9)22)16-28-15(26)14-17(29-16)30-19(34)32(14)8-20(23,24)25/h1-6H,7-8H2,(H3,26,28,29,30,34). The van der Waals surface area contributed by atoms with Gasteiger partial charge in [-0.15, -0.1) is 0 Å². The van der Waals surface area contributed by atoms with Crippen LogP contribution >= 0.6 is 0 Å². The summed E-state index contributed by atoms with van der Waals surface area (Å²) in [5, 5.41) is 4.49. The summed E-state index contributed by atoms with van der Waals surface area (Å²) < 4.78 is 68.5. The van der Waals surface area contributed by atoms with Crippen molar-refractivity contribution >= 4 is 28.0 Å². The molecule has 5 rings (SSSR count). The van der Waals surface area contributed by atoms with Crippen molar-refractivity contribution < 1.29 is 22.0 Å². The number of nitrogens with one attached hydrogen (secondary N) is 1. The van der Waals surface area contributed by atoms with E-state index in [2.05, 4.69) is 25.0 Å². The van der Waals surface area contributed by atoms with E-state index in [0.717, 1.165) is 12.3 Å². The van der Waals surface area contributed by atoms with Gasteiger partial charge in [-0.05, 0) is 12.1 Å². The molecule has 0 fully saturated rings. The van der Waals surface area contributed by atoms with E-state index in [1.807, 2.05) is 0 Å². The molecule has 0 aliphatic heterocycles. The molecule has 0 aliphatic rings. The molecular weight excluding hydrogens is 463 g/mol. The third-order valence-electron chi connectivity index (χ3n) is 5.03. The molecule has 4 aromatic heterocycles. The van der Waals surface area contributed by atoms with Crippen LogP contribution in [0.4, 0.5) is 27.8 Å². The van der Waals surface area contributed by atoms with Crippen molar-refractivity contribution in [3.63, 3.8) is 0 Å². The Morgan fingerprint density at radius 1 is 1.12 bits per heavy atom. The highest BCUT2D eigenvalue weighted by molar-refractivity contribution is 5.91. The number of alkyl halides is 3. The monoisotopic (exact) mass is 476 g/mol. The summed E-state index contributed by atoms with van der Waals surface area (Å²) in [4.78, 5) is 26.4. The van der Waals surface area contributed by atoms with Gasteiger partial charge in [0.25, 0.3) is 0 Å². The van der Waals surface area contributed by atoms with Gasteiger partial charge in [-0.2, -0.15) is 18.3 Å². The zero-order valence-corrected chi connectivity index (χ0v) is 16.9. The van der Waals surface area contributed by atoms with Gasteiger partial charge < -0.3 is 5.73 Å². The van der Waals surface area contributed by atoms with Crippen LogP contribution in [0.25, 0.3) is 33.7 Å². The number of benzene rings is 1. The lowest BCUT2D eigenvalue weighted by Crippen LogP contribution is -2.26. The lowest BCUT2D eigenvalue weighted by Gasteiger charge is -2.08. The summed E-state index contributed by atoms with van der Waals surface area (Å²) in [5.74, 6) is -1.78. The number of halogens is 5. The van der Waals surface area contributed by atoms with Crippen molar-refractivity contribution in [2.45, 2.75) is 19.3 Å². The maximum Gasteiger partial charge on any atom is 0.406 e. The highest BCUT2D eigenvalue weighted by Crippen LogP contribution is 2.29. The number of imidazole rings is 1. The molecule has 0 unspecified atom stereocenters. The van der Waals surface area contributed by atoms with Crippen LogP contribution in [0.5, 0.6) is 0 Å². The van der Waals surface area contributed by atoms with Crippen LogP contribution in [0.3, 0.4) is 0 Å². The number of hydrogen-bond donors (Lipinski definition) is 2. The Morgan fingerprint density at radius 3 is 2.62 bits per heavy atom. The molecule has 1 aromatic carbocycles. The van der Waals surface area contributed by atoms with Gasteiger partial charge in [0.05, 0.1) is 18.1 Å². The van der Waals surface area contributed by atoms with Gasteiger partial charge in [-0.3, -0.25) is 9.55 Å². The highest BCUT2D eigenvalue weighted by atomic mass is 19.4. The van der Waals surface area contributed by atoms with Crippen LogP contribution < -0.4 is 11.4 Å². The van der Waals surface area contributed by atoms with Gasteiger partial charge in [0.15, 0.2) is 22.9 Å². The van der Waals surface area contributed by atoms with Crippen molar-refractivity contribution in [3.8, 4) is 11.5 Å². The van der Waals surface area contributed by atoms with E-state index in [9.17, 15) is 26.7 Å². The average Bonchev–Trinajstić information content (AvgIpc) is 3.26. The first-order valence-corrected chi connectivity index (χ1v) is 9.69. The number of nitrogens with two attached hydrogens (primary N) is 1. The summed E-state index contributed by atoms with van der Waals surface area (Å²) in [5.41, 5.74) is 4.69. The Hall–Kier alpha value is -4.36. The summed E-state index contributed by atoms with van der Waals surface area (Å²) in [6.45, 7) is -1.65. The number of pyridine rings is 1. The fourth-order valence-electron chi connectivity index (χ4n) is 3.63. The molecule has 174 valence electrons. The molecule has 0 spiro atoms. The molecule has 0 bridgehead atoms. The largest absolute Gasteiger partial charge is 0.406 e. The van der Waals surface area contributed by atoms with Crippen molar-refractivity contribution in [2.75, 3.05) is 5.73 Å². The lowest BCUT2D eigenvalue weighted by atomic mass is 10.2. The van der Waals surface area contributed by atoms with E-state index in [-0.39, 0.29) is 45.8 Å². The first-order valence-electron chi connectivity index (χ1n) is 9.69. The third-order valence-corrected chi connectivity index (χ3v) is 5.03. The lowest BCUT2D eigenvalue weighted by molar-refractivity contribution is -0.140. The van der Waals surface area contributed by atoms with Gasteiger partial charge in [0, 0.05) is 5.56 Å². The van der Waals surface area contributed by atoms with Gasteiger partial charge in [0.2, 0.25) is 0 Å². The van der Waals surface area contributed by atoms with Gasteiger partial charge >= 0.3 is 11.9 Å². The Morgan fingerprint density at radius 2 is 1.88 bits per heavy atom. The number of anilines is 1. The van der Waals surface area contributed by atoms with E-state index < -0.39 is 35.9 Å². The number of aromatic nitrogens is 7. The Labute approximate surface area is 185 Å². The number of H-pyrrole nitrogens is 1. The summed E-state index contributed by atoms with van der Waals surface area (Å²) >= 11 is 0. The van der Waals surface area contributed by atoms with E-state index in [4.69, 9.17) is 5.73 Å². The Kier molecular flexibility index (Phi) is 4.81. The fraction of sp³-hybridized carbons (Fsp3) is 0.150. The van der Waals surface area contributed by atoms with E-state index >= 15 is 0 Å². The summed E-state index contributed by atoms with van der Waals surface area (Å²) in [7, 11) is 0. The smallest absolute Gasteiger partial charge is 0.382 e. The maximum atomic E-state index is 14.2. The Balaban J connectivity index is 1.68. The zero-order valence-electron chi connectivity index (χ0n) is 16.9. The van der Waals surface area contributed by atoms with Crippen LogP contribution in [0, 0.1) is 11.6 Å². The summed E-state index contributed by atoms with van der Waals surface area (Å²) in [6, 6.07) is 7.09. The molecule has 0 saturated carbocycles. The summed E-state index contributed by atoms with van der Waals surface area (Å²) in [6.07, 6.45) is -3.73. The van der Waals surface area contributed by atoms with E-state index in [1.54, 1.807) is 12.1 Å². The van der Waals surface area contributed by atoms with Crippen LogP contribution in [-0.4, -0.2) is 40.5 Å². The number of nitrogen functional groups attached to an aromatic ring is 1. The topological polar surface area (TPSA) is 120 Å². The van der Waals surface area contributed by atoms with Crippen molar-refractivity contribution in [1.29, 1.82) is 0 Å². The van der Waals surface area contributed by atoms with E-state index in [0.29, 0.717) is 4.57 Å². The van der Waals surface area contributed by atoms with Gasteiger partial charge in [-0.25, -0.2) is 33.2 Å². The van der Waals surface area contributed by atoms with Crippen LogP contribution in [0.2, 0.25) is 0 Å². The predicted octanol–water partition coefficient (Wildman–Crippen LogP) is 3.00.